The summed E-state index contributed by atoms with van der Waals surface area (Å²) in [5, 5.41) is 3.48. The van der Waals surface area contributed by atoms with Crippen LogP contribution in [0.4, 0.5) is 0 Å². The second kappa shape index (κ2) is 5.86. The molecule has 1 saturated carbocycles. The molecule has 1 aliphatic carbocycles. The molecule has 1 atom stereocenters. The number of piperidine rings is 1. The number of hydrogen-bond donors (Lipinski definition) is 1. The molecule has 1 unspecified atom stereocenters. The van der Waals surface area contributed by atoms with Gasteiger partial charge in [-0.05, 0) is 68.2 Å². The molecule has 2 saturated heterocycles. The lowest BCUT2D eigenvalue weighted by Crippen LogP contribution is -2.52. The molecule has 120 valence electrons. The Morgan fingerprint density at radius 2 is 1.91 bits per heavy atom. The molecule has 3 fully saturated rings. The van der Waals surface area contributed by atoms with Crippen LogP contribution in [-0.2, 0) is 0 Å². The van der Waals surface area contributed by atoms with E-state index in [1.807, 2.05) is 0 Å². The van der Waals surface area contributed by atoms with E-state index < -0.39 is 0 Å². The van der Waals surface area contributed by atoms with Gasteiger partial charge < -0.3 is 15.0 Å². The van der Waals surface area contributed by atoms with Crippen molar-refractivity contribution >= 4 is 0 Å². The molecule has 1 aromatic carbocycles. The highest BCUT2D eigenvalue weighted by molar-refractivity contribution is 5.36. The summed E-state index contributed by atoms with van der Waals surface area (Å²) in [4.78, 5) is 2.78. The van der Waals surface area contributed by atoms with Crippen LogP contribution in [0.5, 0.6) is 5.75 Å². The quantitative estimate of drug-likeness (QED) is 0.928. The van der Waals surface area contributed by atoms with Crippen LogP contribution in [0.1, 0.15) is 43.6 Å². The molecule has 3 nitrogen and oxygen atoms in total. The lowest BCUT2D eigenvalue weighted by Gasteiger charge is -2.41. The number of hydrogen-bond acceptors (Lipinski definition) is 3. The van der Waals surface area contributed by atoms with E-state index in [-0.39, 0.29) is 0 Å². The van der Waals surface area contributed by atoms with Crippen LogP contribution in [0, 0.1) is 5.41 Å². The first-order chi connectivity index (χ1) is 10.8. The number of nitrogens with one attached hydrogen (secondary N) is 1. The number of ether oxygens (including phenoxy) is 1. The van der Waals surface area contributed by atoms with Crippen LogP contribution in [0.15, 0.2) is 24.3 Å². The first-order valence-corrected chi connectivity index (χ1v) is 8.87. The maximum atomic E-state index is 5.55. The third-order valence-electron chi connectivity index (χ3n) is 6.30. The van der Waals surface area contributed by atoms with Gasteiger partial charge >= 0.3 is 0 Å². The van der Waals surface area contributed by atoms with Crippen molar-refractivity contribution in [1.82, 2.24) is 10.2 Å². The smallest absolute Gasteiger partial charge is 0.122 e. The van der Waals surface area contributed by atoms with E-state index >= 15 is 0 Å². The Kier molecular flexibility index (Phi) is 3.87. The van der Waals surface area contributed by atoms with Crippen LogP contribution in [0.3, 0.4) is 0 Å². The molecule has 1 aromatic rings. The molecule has 0 aromatic heterocycles. The number of methoxy groups -OCH3 is 1. The fourth-order valence-corrected chi connectivity index (χ4v) is 4.87. The van der Waals surface area contributed by atoms with E-state index in [1.54, 1.807) is 7.11 Å². The molecule has 0 amide bonds. The summed E-state index contributed by atoms with van der Waals surface area (Å²) < 4.78 is 5.55. The second-order valence-corrected chi connectivity index (χ2v) is 7.55. The molecule has 2 aliphatic heterocycles. The molecular weight excluding hydrogens is 272 g/mol. The van der Waals surface area contributed by atoms with E-state index in [4.69, 9.17) is 4.74 Å². The van der Waals surface area contributed by atoms with E-state index in [1.165, 1.54) is 63.8 Å². The van der Waals surface area contributed by atoms with Gasteiger partial charge in [-0.3, -0.25) is 0 Å². The van der Waals surface area contributed by atoms with Crippen molar-refractivity contribution in [2.75, 3.05) is 33.3 Å². The van der Waals surface area contributed by atoms with Crippen molar-refractivity contribution in [3.05, 3.63) is 29.8 Å². The summed E-state index contributed by atoms with van der Waals surface area (Å²) in [6.45, 7) is 5.05. The largest absolute Gasteiger partial charge is 0.496 e. The first kappa shape index (κ1) is 14.5. The molecule has 22 heavy (non-hydrogen) atoms. The lowest BCUT2D eigenvalue weighted by atomic mass is 9.80. The molecule has 3 aliphatic rings. The minimum Gasteiger partial charge on any atom is -0.496 e. The summed E-state index contributed by atoms with van der Waals surface area (Å²) in [5.74, 6) is 1.74. The summed E-state index contributed by atoms with van der Waals surface area (Å²) in [7, 11) is 1.79. The highest BCUT2D eigenvalue weighted by Gasteiger charge is 2.45. The van der Waals surface area contributed by atoms with Crippen LogP contribution < -0.4 is 10.1 Å². The highest BCUT2D eigenvalue weighted by Crippen LogP contribution is 2.44. The van der Waals surface area contributed by atoms with Gasteiger partial charge in [-0.2, -0.15) is 0 Å². The van der Waals surface area contributed by atoms with E-state index in [0.717, 1.165) is 11.8 Å². The average Bonchev–Trinajstić information content (AvgIpc) is 3.01. The average molecular weight is 300 g/mol. The molecule has 0 radical (unpaired) electrons. The number of nitrogens with zero attached hydrogens (tertiary/aromatic N) is 1. The third kappa shape index (κ3) is 2.55. The number of rotatable bonds is 3. The standard InChI is InChI=1S/C19H28N2O/c1-22-18-5-3-2-4-17(18)15-7-10-21(11-8-15)16-6-9-19(12-16)13-20-14-19/h2-5,15-16,20H,6-14H2,1H3. The second-order valence-electron chi connectivity index (χ2n) is 7.55. The van der Waals surface area contributed by atoms with Gasteiger partial charge in [-0.25, -0.2) is 0 Å². The van der Waals surface area contributed by atoms with E-state index in [2.05, 4.69) is 34.5 Å². The van der Waals surface area contributed by atoms with Gasteiger partial charge in [0.25, 0.3) is 0 Å². The predicted molar refractivity (Wildman–Crippen MR) is 89.5 cm³/mol. The minimum absolute atomic E-state index is 0.671. The van der Waals surface area contributed by atoms with Gasteiger partial charge in [-0.1, -0.05) is 18.2 Å². The Hall–Kier alpha value is -1.06. The summed E-state index contributed by atoms with van der Waals surface area (Å²) in [5.41, 5.74) is 2.08. The Balaban J connectivity index is 1.36. The van der Waals surface area contributed by atoms with Crippen molar-refractivity contribution in [3.8, 4) is 5.75 Å². The molecule has 1 spiro atoms. The molecule has 3 heteroatoms. The van der Waals surface area contributed by atoms with Gasteiger partial charge in [0.1, 0.15) is 5.75 Å². The summed E-state index contributed by atoms with van der Waals surface area (Å²) >= 11 is 0. The van der Waals surface area contributed by atoms with Crippen LogP contribution in [0.2, 0.25) is 0 Å². The minimum atomic E-state index is 0.671. The topological polar surface area (TPSA) is 24.5 Å². The number of para-hydroxylation sites is 1. The molecule has 0 bridgehead atoms. The van der Waals surface area contributed by atoms with E-state index in [0.29, 0.717) is 11.3 Å². The van der Waals surface area contributed by atoms with Crippen LogP contribution in [0.25, 0.3) is 0 Å². The normalized spacial score (nSPS) is 28.7. The van der Waals surface area contributed by atoms with Gasteiger partial charge in [0.15, 0.2) is 0 Å². The fourth-order valence-electron chi connectivity index (χ4n) is 4.87. The summed E-state index contributed by atoms with van der Waals surface area (Å²) in [6.07, 6.45) is 6.85. The molecule has 1 N–H and O–H groups in total. The van der Waals surface area contributed by atoms with Crippen molar-refractivity contribution in [1.29, 1.82) is 0 Å². The van der Waals surface area contributed by atoms with Crippen molar-refractivity contribution < 1.29 is 4.74 Å². The van der Waals surface area contributed by atoms with Crippen molar-refractivity contribution in [2.45, 2.75) is 44.1 Å². The van der Waals surface area contributed by atoms with Crippen molar-refractivity contribution in [2.24, 2.45) is 5.41 Å². The summed E-state index contributed by atoms with van der Waals surface area (Å²) in [6, 6.07) is 9.42. The monoisotopic (exact) mass is 300 g/mol. The zero-order valence-corrected chi connectivity index (χ0v) is 13.7. The SMILES string of the molecule is COc1ccccc1C1CCN(C2CCC3(CNC3)C2)CC1. The van der Waals surface area contributed by atoms with Crippen LogP contribution in [-0.4, -0.2) is 44.2 Å². The molecule has 4 rings (SSSR count). The predicted octanol–water partition coefficient (Wildman–Crippen LogP) is 3.02. The fraction of sp³-hybridized carbons (Fsp3) is 0.684. The molecule has 2 heterocycles. The Labute approximate surface area is 134 Å². The zero-order chi connectivity index (χ0) is 15.0. The van der Waals surface area contributed by atoms with Gasteiger partial charge in [0.05, 0.1) is 7.11 Å². The first-order valence-electron chi connectivity index (χ1n) is 8.87. The van der Waals surface area contributed by atoms with Gasteiger partial charge in [0, 0.05) is 19.1 Å². The lowest BCUT2D eigenvalue weighted by molar-refractivity contribution is 0.120. The highest BCUT2D eigenvalue weighted by atomic mass is 16.5. The molecular formula is C19H28N2O. The van der Waals surface area contributed by atoms with Crippen molar-refractivity contribution in [3.63, 3.8) is 0 Å². The van der Waals surface area contributed by atoms with Gasteiger partial charge in [-0.15, -0.1) is 0 Å². The Morgan fingerprint density at radius 1 is 1.14 bits per heavy atom. The Morgan fingerprint density at radius 3 is 2.55 bits per heavy atom. The number of likely N-dealkylation sites (tertiary alicyclic amines) is 1. The maximum absolute atomic E-state index is 5.55. The van der Waals surface area contributed by atoms with E-state index in [9.17, 15) is 0 Å². The zero-order valence-electron chi connectivity index (χ0n) is 13.7. The maximum Gasteiger partial charge on any atom is 0.122 e. The van der Waals surface area contributed by atoms with Crippen LogP contribution >= 0.6 is 0 Å². The Bertz CT molecular complexity index is 518. The number of benzene rings is 1. The third-order valence-corrected chi connectivity index (χ3v) is 6.30. The van der Waals surface area contributed by atoms with Gasteiger partial charge in [0.2, 0.25) is 0 Å².